The van der Waals surface area contributed by atoms with Crippen molar-refractivity contribution < 1.29 is 23.9 Å². The van der Waals surface area contributed by atoms with Crippen molar-refractivity contribution in [3.63, 3.8) is 0 Å². The number of carbonyl (C=O) groups is 4. The number of carbonyl (C=O) groups excluding carboxylic acids is 4. The maximum absolute atomic E-state index is 12.5. The van der Waals surface area contributed by atoms with Gasteiger partial charge in [-0.2, -0.15) is 5.10 Å². The number of urea groups is 1. The van der Waals surface area contributed by atoms with Crippen molar-refractivity contribution in [2.45, 2.75) is 27.7 Å². The molecule has 0 spiro atoms. The summed E-state index contributed by atoms with van der Waals surface area (Å²) in [5.74, 6) is -2.71. The Balaban J connectivity index is 1.99. The van der Waals surface area contributed by atoms with Crippen LogP contribution in [-0.4, -0.2) is 46.6 Å². The molecule has 0 saturated heterocycles. The first-order valence-corrected chi connectivity index (χ1v) is 9.11. The highest BCUT2D eigenvalue weighted by atomic mass is 16.5. The minimum absolute atomic E-state index is 0.119. The Kier molecular flexibility index (Phi) is 7.24. The van der Waals surface area contributed by atoms with Crippen LogP contribution in [0.2, 0.25) is 0 Å². The predicted octanol–water partition coefficient (Wildman–Crippen LogP) is 1.70. The number of esters is 1. The Hall–Kier alpha value is -3.49. The summed E-state index contributed by atoms with van der Waals surface area (Å²) in [5.41, 5.74) is 1.71. The fourth-order valence-electron chi connectivity index (χ4n) is 2.59. The first-order valence-electron chi connectivity index (χ1n) is 9.11. The van der Waals surface area contributed by atoms with E-state index in [1.165, 1.54) is 0 Å². The number of hydrogen-bond acceptors (Lipinski definition) is 6. The third kappa shape index (κ3) is 5.74. The number of ether oxygens (including phenoxy) is 1. The van der Waals surface area contributed by atoms with Crippen LogP contribution < -0.4 is 10.6 Å². The zero-order chi connectivity index (χ0) is 21.6. The van der Waals surface area contributed by atoms with E-state index >= 15 is 0 Å². The molecule has 0 saturated carbocycles. The standard InChI is InChI=1S/C20H24N4O5/c1-12(2)10-21-20(28)22-16(25)11-29-19(27)18(26)17-13(3)23-24(14(17)4)15-8-6-5-7-9-15/h5-9,12H,10-11H2,1-4H3,(H2,21,22,25,28). The van der Waals surface area contributed by atoms with E-state index in [0.29, 0.717) is 17.9 Å². The molecule has 0 fully saturated rings. The third-order valence-corrected chi connectivity index (χ3v) is 3.96. The summed E-state index contributed by atoms with van der Waals surface area (Å²) >= 11 is 0. The highest BCUT2D eigenvalue weighted by Gasteiger charge is 2.27. The summed E-state index contributed by atoms with van der Waals surface area (Å²) in [7, 11) is 0. The van der Waals surface area contributed by atoms with Crippen LogP contribution in [0.15, 0.2) is 30.3 Å². The Labute approximate surface area is 168 Å². The van der Waals surface area contributed by atoms with Gasteiger partial charge < -0.3 is 10.1 Å². The van der Waals surface area contributed by atoms with E-state index < -0.39 is 30.3 Å². The van der Waals surface area contributed by atoms with Crippen LogP contribution in [0.3, 0.4) is 0 Å². The Morgan fingerprint density at radius 2 is 1.76 bits per heavy atom. The quantitative estimate of drug-likeness (QED) is 0.415. The molecule has 1 aromatic heterocycles. The molecule has 0 aliphatic heterocycles. The van der Waals surface area contributed by atoms with Crippen LogP contribution in [0.1, 0.15) is 35.6 Å². The van der Waals surface area contributed by atoms with Crippen LogP contribution in [0.5, 0.6) is 0 Å². The second-order valence-electron chi connectivity index (χ2n) is 6.85. The zero-order valence-electron chi connectivity index (χ0n) is 16.8. The van der Waals surface area contributed by atoms with Crippen molar-refractivity contribution in [3.8, 4) is 5.69 Å². The van der Waals surface area contributed by atoms with Crippen molar-refractivity contribution in [2.75, 3.05) is 13.2 Å². The maximum atomic E-state index is 12.5. The molecule has 2 aromatic rings. The molecule has 9 heteroatoms. The average molecular weight is 400 g/mol. The normalized spacial score (nSPS) is 10.5. The Morgan fingerprint density at radius 3 is 2.38 bits per heavy atom. The second-order valence-corrected chi connectivity index (χ2v) is 6.85. The molecule has 1 heterocycles. The molecular weight excluding hydrogens is 376 g/mol. The van der Waals surface area contributed by atoms with E-state index in [1.807, 2.05) is 49.5 Å². The van der Waals surface area contributed by atoms with Gasteiger partial charge in [-0.15, -0.1) is 0 Å². The summed E-state index contributed by atoms with van der Waals surface area (Å²) in [4.78, 5) is 47.8. The van der Waals surface area contributed by atoms with E-state index in [0.717, 1.165) is 5.69 Å². The summed E-state index contributed by atoms with van der Waals surface area (Å²) in [6.07, 6.45) is 0. The van der Waals surface area contributed by atoms with Gasteiger partial charge in [0.05, 0.1) is 22.6 Å². The number of Topliss-reactive ketones (excluding diaryl/α,β-unsaturated/α-hetero) is 1. The van der Waals surface area contributed by atoms with E-state index in [1.54, 1.807) is 18.5 Å². The smallest absolute Gasteiger partial charge is 0.380 e. The van der Waals surface area contributed by atoms with Crippen LogP contribution in [-0.2, 0) is 14.3 Å². The van der Waals surface area contributed by atoms with E-state index in [-0.39, 0.29) is 11.5 Å². The zero-order valence-corrected chi connectivity index (χ0v) is 16.8. The number of aromatic nitrogens is 2. The molecule has 0 atom stereocenters. The molecule has 154 valence electrons. The topological polar surface area (TPSA) is 119 Å². The summed E-state index contributed by atoms with van der Waals surface area (Å²) < 4.78 is 6.31. The van der Waals surface area contributed by atoms with Crippen molar-refractivity contribution in [1.29, 1.82) is 0 Å². The van der Waals surface area contributed by atoms with Gasteiger partial charge in [-0.3, -0.25) is 14.9 Å². The van der Waals surface area contributed by atoms with Gasteiger partial charge in [0.25, 0.3) is 11.7 Å². The van der Waals surface area contributed by atoms with Crippen LogP contribution >= 0.6 is 0 Å². The van der Waals surface area contributed by atoms with Gasteiger partial charge in [-0.1, -0.05) is 32.0 Å². The van der Waals surface area contributed by atoms with Crippen molar-refractivity contribution in [1.82, 2.24) is 20.4 Å². The molecule has 9 nitrogen and oxygen atoms in total. The van der Waals surface area contributed by atoms with E-state index in [4.69, 9.17) is 4.74 Å². The molecule has 0 radical (unpaired) electrons. The lowest BCUT2D eigenvalue weighted by Gasteiger charge is -2.09. The minimum atomic E-state index is -1.19. The van der Waals surface area contributed by atoms with Crippen molar-refractivity contribution >= 4 is 23.7 Å². The van der Waals surface area contributed by atoms with Crippen molar-refractivity contribution in [3.05, 3.63) is 47.3 Å². The van der Waals surface area contributed by atoms with Gasteiger partial charge in [0.1, 0.15) is 0 Å². The molecule has 2 N–H and O–H groups in total. The maximum Gasteiger partial charge on any atom is 0.380 e. The molecule has 0 unspecified atom stereocenters. The molecular formula is C20H24N4O5. The molecule has 2 rings (SSSR count). The minimum Gasteiger partial charge on any atom is -0.450 e. The number of aryl methyl sites for hydroxylation is 1. The van der Waals surface area contributed by atoms with E-state index in [9.17, 15) is 19.2 Å². The number of benzene rings is 1. The molecule has 1 aromatic carbocycles. The summed E-state index contributed by atoms with van der Waals surface area (Å²) in [5, 5.41) is 8.83. The fourth-order valence-corrected chi connectivity index (χ4v) is 2.59. The first-order chi connectivity index (χ1) is 13.7. The Morgan fingerprint density at radius 1 is 1.10 bits per heavy atom. The van der Waals surface area contributed by atoms with E-state index in [2.05, 4.69) is 10.4 Å². The van der Waals surface area contributed by atoms with Crippen LogP contribution in [0.4, 0.5) is 4.79 Å². The third-order valence-electron chi connectivity index (χ3n) is 3.96. The summed E-state index contributed by atoms with van der Waals surface area (Å²) in [6, 6.07) is 8.46. The highest BCUT2D eigenvalue weighted by Crippen LogP contribution is 2.18. The average Bonchev–Trinajstić information content (AvgIpc) is 2.98. The number of nitrogens with one attached hydrogen (secondary N) is 2. The lowest BCUT2D eigenvalue weighted by Crippen LogP contribution is -2.42. The first kappa shape index (κ1) is 21.8. The largest absolute Gasteiger partial charge is 0.450 e. The SMILES string of the molecule is Cc1nn(-c2ccccc2)c(C)c1C(=O)C(=O)OCC(=O)NC(=O)NCC(C)C. The van der Waals surface area contributed by atoms with Gasteiger partial charge in [0.15, 0.2) is 6.61 Å². The molecule has 0 bridgehead atoms. The lowest BCUT2D eigenvalue weighted by molar-refractivity contribution is -0.143. The van der Waals surface area contributed by atoms with Gasteiger partial charge in [-0.05, 0) is 31.9 Å². The number of ketones is 1. The number of nitrogens with zero attached hydrogens (tertiary/aromatic N) is 2. The number of hydrogen-bond donors (Lipinski definition) is 2. The number of amides is 3. The lowest BCUT2D eigenvalue weighted by atomic mass is 10.1. The van der Waals surface area contributed by atoms with Crippen LogP contribution in [0, 0.1) is 19.8 Å². The van der Waals surface area contributed by atoms with Gasteiger partial charge >= 0.3 is 12.0 Å². The summed E-state index contributed by atoms with van der Waals surface area (Å²) in [6.45, 7) is 6.72. The Bertz CT molecular complexity index is 918. The number of para-hydroxylation sites is 1. The predicted molar refractivity (Wildman–Crippen MR) is 105 cm³/mol. The monoisotopic (exact) mass is 400 g/mol. The highest BCUT2D eigenvalue weighted by molar-refractivity contribution is 6.41. The fraction of sp³-hybridized carbons (Fsp3) is 0.350. The van der Waals surface area contributed by atoms with Crippen LogP contribution in [0.25, 0.3) is 5.69 Å². The van der Waals surface area contributed by atoms with Gasteiger partial charge in [0.2, 0.25) is 0 Å². The molecule has 29 heavy (non-hydrogen) atoms. The molecule has 3 amide bonds. The number of rotatable bonds is 7. The van der Waals surface area contributed by atoms with Crippen molar-refractivity contribution in [2.24, 2.45) is 5.92 Å². The molecule has 0 aliphatic rings. The molecule has 0 aliphatic carbocycles. The second kappa shape index (κ2) is 9.63. The van der Waals surface area contributed by atoms with Gasteiger partial charge in [-0.25, -0.2) is 14.3 Å². The van der Waals surface area contributed by atoms with Gasteiger partial charge in [0, 0.05) is 6.54 Å². The number of imide groups is 1.